The number of hydrogen-bond donors (Lipinski definition) is 1. The molecule has 0 aromatic heterocycles. The van der Waals surface area contributed by atoms with Crippen molar-refractivity contribution in [1.29, 1.82) is 0 Å². The van der Waals surface area contributed by atoms with Crippen molar-refractivity contribution in [3.8, 4) is 0 Å². The minimum absolute atomic E-state index is 0.135. The summed E-state index contributed by atoms with van der Waals surface area (Å²) in [5.74, 6) is 0.459. The SMILES string of the molecule is CCC(O)C(=O)CC1C=CSCO1. The number of rotatable bonds is 4. The quantitative estimate of drug-likeness (QED) is 0.747. The van der Waals surface area contributed by atoms with Crippen molar-refractivity contribution in [3.05, 3.63) is 11.5 Å². The van der Waals surface area contributed by atoms with Gasteiger partial charge in [-0.05, 0) is 17.9 Å². The highest BCUT2D eigenvalue weighted by molar-refractivity contribution is 8.02. The molecule has 1 heterocycles. The molecule has 0 fully saturated rings. The molecule has 1 aliphatic rings. The summed E-state index contributed by atoms with van der Waals surface area (Å²) in [6.07, 6.45) is 1.64. The molecule has 1 aliphatic heterocycles. The predicted octanol–water partition coefficient (Wildman–Crippen LogP) is 1.32. The third-order valence-corrected chi connectivity index (χ3v) is 2.52. The van der Waals surface area contributed by atoms with E-state index in [1.54, 1.807) is 18.7 Å². The third kappa shape index (κ3) is 3.50. The molecule has 1 N–H and O–H groups in total. The maximum absolute atomic E-state index is 11.3. The second-order valence-corrected chi connectivity index (χ2v) is 3.75. The van der Waals surface area contributed by atoms with Gasteiger partial charge in [-0.3, -0.25) is 4.79 Å². The molecular weight excluding hydrogens is 188 g/mol. The van der Waals surface area contributed by atoms with E-state index in [9.17, 15) is 9.90 Å². The largest absolute Gasteiger partial charge is 0.385 e. The van der Waals surface area contributed by atoms with Crippen LogP contribution in [0.1, 0.15) is 19.8 Å². The average molecular weight is 202 g/mol. The van der Waals surface area contributed by atoms with E-state index in [2.05, 4.69) is 0 Å². The van der Waals surface area contributed by atoms with Gasteiger partial charge in [-0.15, -0.1) is 11.8 Å². The van der Waals surface area contributed by atoms with Crippen LogP contribution in [0.5, 0.6) is 0 Å². The van der Waals surface area contributed by atoms with E-state index in [1.807, 2.05) is 11.5 Å². The van der Waals surface area contributed by atoms with Crippen LogP contribution in [-0.4, -0.2) is 29.0 Å². The second kappa shape index (κ2) is 5.42. The van der Waals surface area contributed by atoms with Gasteiger partial charge < -0.3 is 9.84 Å². The van der Waals surface area contributed by atoms with Crippen molar-refractivity contribution in [2.75, 3.05) is 5.94 Å². The van der Waals surface area contributed by atoms with E-state index < -0.39 is 6.10 Å². The maximum atomic E-state index is 11.3. The normalized spacial score (nSPS) is 24.3. The fraction of sp³-hybridized carbons (Fsp3) is 0.667. The summed E-state index contributed by atoms with van der Waals surface area (Å²) in [4.78, 5) is 11.3. The maximum Gasteiger partial charge on any atom is 0.164 e. The first kappa shape index (κ1) is 10.8. The van der Waals surface area contributed by atoms with Gasteiger partial charge in [-0.1, -0.05) is 6.92 Å². The molecule has 3 nitrogen and oxygen atoms in total. The number of carbonyl (C=O) groups excluding carboxylic acids is 1. The monoisotopic (exact) mass is 202 g/mol. The highest BCUT2D eigenvalue weighted by Gasteiger charge is 2.18. The highest BCUT2D eigenvalue weighted by Crippen LogP contribution is 2.16. The Morgan fingerprint density at radius 2 is 2.62 bits per heavy atom. The summed E-state index contributed by atoms with van der Waals surface area (Å²) in [6.45, 7) is 1.79. The number of hydrogen-bond acceptors (Lipinski definition) is 4. The fourth-order valence-electron chi connectivity index (χ4n) is 1.05. The number of Topliss-reactive ketones (excluding diaryl/α,β-unsaturated/α-hetero) is 1. The lowest BCUT2D eigenvalue weighted by molar-refractivity contribution is -0.129. The van der Waals surface area contributed by atoms with Gasteiger partial charge in [-0.2, -0.15) is 0 Å². The van der Waals surface area contributed by atoms with Gasteiger partial charge in [-0.25, -0.2) is 0 Å². The Hall–Kier alpha value is -0.320. The summed E-state index contributed by atoms with van der Waals surface area (Å²) in [5.41, 5.74) is 0. The van der Waals surface area contributed by atoms with Crippen molar-refractivity contribution >= 4 is 17.5 Å². The summed E-state index contributed by atoms with van der Waals surface area (Å²) in [5, 5.41) is 11.2. The first-order chi connectivity index (χ1) is 6.24. The standard InChI is InChI=1S/C9H14O3S/c1-2-8(10)9(11)5-7-3-4-13-6-12-7/h3-4,7-8,10H,2,5-6H2,1H3. The average Bonchev–Trinajstić information content (AvgIpc) is 2.18. The number of carbonyl (C=O) groups is 1. The van der Waals surface area contributed by atoms with Crippen LogP contribution in [0.3, 0.4) is 0 Å². The molecule has 0 radical (unpaired) electrons. The molecule has 0 aromatic rings. The fourth-order valence-corrected chi connectivity index (χ4v) is 1.67. The van der Waals surface area contributed by atoms with E-state index >= 15 is 0 Å². The van der Waals surface area contributed by atoms with E-state index in [0.717, 1.165) is 0 Å². The lowest BCUT2D eigenvalue weighted by Crippen LogP contribution is -2.25. The van der Waals surface area contributed by atoms with E-state index in [-0.39, 0.29) is 18.3 Å². The molecule has 0 bridgehead atoms. The van der Waals surface area contributed by atoms with Crippen LogP contribution in [0.15, 0.2) is 11.5 Å². The molecular formula is C9H14O3S. The molecule has 1 rings (SSSR count). The Labute approximate surface area is 82.2 Å². The van der Waals surface area contributed by atoms with Crippen LogP contribution in [0, 0.1) is 0 Å². The number of ether oxygens (including phenoxy) is 1. The van der Waals surface area contributed by atoms with E-state index in [0.29, 0.717) is 12.4 Å². The zero-order chi connectivity index (χ0) is 9.68. The van der Waals surface area contributed by atoms with Crippen molar-refractivity contribution < 1.29 is 14.6 Å². The summed E-state index contributed by atoms with van der Waals surface area (Å²) >= 11 is 1.56. The molecule has 2 atom stereocenters. The van der Waals surface area contributed by atoms with Crippen LogP contribution in [-0.2, 0) is 9.53 Å². The van der Waals surface area contributed by atoms with E-state index in [1.165, 1.54) is 0 Å². The smallest absolute Gasteiger partial charge is 0.164 e. The van der Waals surface area contributed by atoms with Gasteiger partial charge in [0.05, 0.1) is 12.0 Å². The van der Waals surface area contributed by atoms with Gasteiger partial charge in [0.25, 0.3) is 0 Å². The Balaban J connectivity index is 2.34. The first-order valence-corrected chi connectivity index (χ1v) is 5.39. The topological polar surface area (TPSA) is 46.5 Å². The van der Waals surface area contributed by atoms with Crippen molar-refractivity contribution in [2.24, 2.45) is 0 Å². The van der Waals surface area contributed by atoms with Gasteiger partial charge >= 0.3 is 0 Å². The molecule has 4 heteroatoms. The Bertz CT molecular complexity index is 203. The van der Waals surface area contributed by atoms with Gasteiger partial charge in [0.2, 0.25) is 0 Å². The molecule has 0 amide bonds. The van der Waals surface area contributed by atoms with Crippen molar-refractivity contribution in [3.63, 3.8) is 0 Å². The summed E-state index contributed by atoms with van der Waals surface area (Å²) < 4.78 is 5.29. The molecule has 0 aliphatic carbocycles. The molecule has 13 heavy (non-hydrogen) atoms. The van der Waals surface area contributed by atoms with Crippen LogP contribution < -0.4 is 0 Å². The number of aliphatic hydroxyl groups is 1. The van der Waals surface area contributed by atoms with Crippen molar-refractivity contribution in [1.82, 2.24) is 0 Å². The lowest BCUT2D eigenvalue weighted by Gasteiger charge is -2.17. The van der Waals surface area contributed by atoms with Crippen LogP contribution >= 0.6 is 11.8 Å². The number of ketones is 1. The number of thioether (sulfide) groups is 1. The van der Waals surface area contributed by atoms with Gasteiger partial charge in [0.1, 0.15) is 6.10 Å². The van der Waals surface area contributed by atoms with E-state index in [4.69, 9.17) is 4.74 Å². The second-order valence-electron chi connectivity index (χ2n) is 2.91. The van der Waals surface area contributed by atoms with Gasteiger partial charge in [0, 0.05) is 6.42 Å². The van der Waals surface area contributed by atoms with Crippen molar-refractivity contribution in [2.45, 2.75) is 32.0 Å². The molecule has 0 saturated heterocycles. The highest BCUT2D eigenvalue weighted by atomic mass is 32.2. The minimum Gasteiger partial charge on any atom is -0.385 e. The van der Waals surface area contributed by atoms with Crippen LogP contribution in [0.25, 0.3) is 0 Å². The Kier molecular flexibility index (Phi) is 4.48. The van der Waals surface area contributed by atoms with Crippen LogP contribution in [0.2, 0.25) is 0 Å². The molecule has 0 saturated carbocycles. The molecule has 0 spiro atoms. The summed E-state index contributed by atoms with van der Waals surface area (Å²) in [6, 6.07) is 0. The molecule has 2 unspecified atom stereocenters. The molecule has 0 aromatic carbocycles. The zero-order valence-corrected chi connectivity index (χ0v) is 8.42. The summed E-state index contributed by atoms with van der Waals surface area (Å²) in [7, 11) is 0. The Morgan fingerprint density at radius 1 is 1.85 bits per heavy atom. The minimum atomic E-state index is -0.827. The zero-order valence-electron chi connectivity index (χ0n) is 7.60. The molecule has 74 valence electrons. The van der Waals surface area contributed by atoms with Crippen LogP contribution in [0.4, 0.5) is 0 Å². The number of aliphatic hydroxyl groups excluding tert-OH is 1. The lowest BCUT2D eigenvalue weighted by atomic mass is 10.1. The first-order valence-electron chi connectivity index (χ1n) is 4.34. The van der Waals surface area contributed by atoms with Gasteiger partial charge in [0.15, 0.2) is 5.78 Å². The Morgan fingerprint density at radius 3 is 3.15 bits per heavy atom. The predicted molar refractivity (Wildman–Crippen MR) is 52.4 cm³/mol. The third-order valence-electron chi connectivity index (χ3n) is 1.90.